The fourth-order valence-electron chi connectivity index (χ4n) is 4.77. The minimum Gasteiger partial charge on any atom is -0.497 e. The van der Waals surface area contributed by atoms with E-state index in [4.69, 9.17) is 14.2 Å². The lowest BCUT2D eigenvalue weighted by Gasteiger charge is -2.26. The molecule has 0 saturated carbocycles. The van der Waals surface area contributed by atoms with Gasteiger partial charge in [-0.2, -0.15) is 0 Å². The molecule has 0 spiro atoms. The van der Waals surface area contributed by atoms with Gasteiger partial charge in [-0.05, 0) is 44.2 Å². The van der Waals surface area contributed by atoms with Crippen molar-refractivity contribution in [2.24, 2.45) is 12.0 Å². The summed E-state index contributed by atoms with van der Waals surface area (Å²) in [5.74, 6) is 0.569. The van der Waals surface area contributed by atoms with Crippen molar-refractivity contribution in [1.82, 2.24) is 9.13 Å². The average molecular weight is 518 g/mol. The molecule has 0 radical (unpaired) electrons. The molecule has 0 unspecified atom stereocenters. The van der Waals surface area contributed by atoms with Crippen molar-refractivity contribution in [3.8, 4) is 11.5 Å². The van der Waals surface area contributed by atoms with Crippen LogP contribution in [-0.4, -0.2) is 35.9 Å². The first-order valence-corrected chi connectivity index (χ1v) is 12.6. The molecule has 0 saturated heterocycles. The Hall–Kier alpha value is -4.11. The van der Waals surface area contributed by atoms with Crippen LogP contribution in [0.2, 0.25) is 0 Å². The van der Waals surface area contributed by atoms with Crippen molar-refractivity contribution in [1.29, 1.82) is 0 Å². The Kier molecular flexibility index (Phi) is 6.47. The smallest absolute Gasteiger partial charge is 0.338 e. The number of para-hydroxylation sites is 1. The molecule has 1 aliphatic heterocycles. The van der Waals surface area contributed by atoms with Crippen LogP contribution >= 0.6 is 11.3 Å². The van der Waals surface area contributed by atoms with Gasteiger partial charge in [-0.25, -0.2) is 9.79 Å². The molecule has 1 atom stereocenters. The molecule has 5 rings (SSSR count). The zero-order valence-corrected chi connectivity index (χ0v) is 22.1. The molecule has 9 heteroatoms. The number of methoxy groups -OCH3 is 2. The van der Waals surface area contributed by atoms with Gasteiger partial charge >= 0.3 is 5.97 Å². The molecule has 0 bridgehead atoms. The highest BCUT2D eigenvalue weighted by molar-refractivity contribution is 7.07. The van der Waals surface area contributed by atoms with Crippen molar-refractivity contribution in [3.63, 3.8) is 0 Å². The number of hydrogen-bond donors (Lipinski definition) is 0. The number of fused-ring (bicyclic) bond motifs is 2. The Morgan fingerprint density at radius 2 is 1.95 bits per heavy atom. The average Bonchev–Trinajstić information content (AvgIpc) is 3.38. The number of thiazole rings is 1. The lowest BCUT2D eigenvalue weighted by Crippen LogP contribution is -2.40. The van der Waals surface area contributed by atoms with Crippen molar-refractivity contribution in [2.75, 3.05) is 20.8 Å². The third-order valence-electron chi connectivity index (χ3n) is 6.46. The Morgan fingerprint density at radius 1 is 1.16 bits per heavy atom. The minimum absolute atomic E-state index is 0.198. The number of aryl methyl sites for hydroxylation is 1. The normalized spacial score (nSPS) is 15.5. The van der Waals surface area contributed by atoms with E-state index in [1.165, 1.54) is 11.3 Å². The van der Waals surface area contributed by atoms with Crippen LogP contribution < -0.4 is 24.4 Å². The number of carbonyl (C=O) groups excluding carboxylic acids is 1. The molecule has 1 aliphatic rings. The third-order valence-corrected chi connectivity index (χ3v) is 7.45. The van der Waals surface area contributed by atoms with E-state index in [1.807, 2.05) is 48.2 Å². The molecule has 0 amide bonds. The zero-order valence-electron chi connectivity index (χ0n) is 21.3. The number of allylic oxidation sites excluding steroid dienone is 1. The van der Waals surface area contributed by atoms with Gasteiger partial charge in [0.15, 0.2) is 4.80 Å². The van der Waals surface area contributed by atoms with Gasteiger partial charge in [-0.1, -0.05) is 29.5 Å². The summed E-state index contributed by atoms with van der Waals surface area (Å²) in [6.45, 7) is 3.70. The number of carbonyl (C=O) groups is 1. The molecule has 8 nitrogen and oxygen atoms in total. The molecular weight excluding hydrogens is 490 g/mol. The Morgan fingerprint density at radius 3 is 2.68 bits per heavy atom. The van der Waals surface area contributed by atoms with Gasteiger partial charge in [-0.3, -0.25) is 9.36 Å². The maximum absolute atomic E-state index is 14.0. The summed E-state index contributed by atoms with van der Waals surface area (Å²) in [6.07, 6.45) is 3.89. The zero-order chi connectivity index (χ0) is 26.3. The van der Waals surface area contributed by atoms with E-state index in [-0.39, 0.29) is 17.7 Å². The summed E-state index contributed by atoms with van der Waals surface area (Å²) < 4.78 is 20.6. The van der Waals surface area contributed by atoms with E-state index in [0.29, 0.717) is 32.1 Å². The van der Waals surface area contributed by atoms with E-state index >= 15 is 0 Å². The minimum atomic E-state index is -0.796. The van der Waals surface area contributed by atoms with Crippen LogP contribution in [-0.2, 0) is 16.6 Å². The molecule has 37 heavy (non-hydrogen) atoms. The van der Waals surface area contributed by atoms with Gasteiger partial charge < -0.3 is 18.8 Å². The highest BCUT2D eigenvalue weighted by Crippen LogP contribution is 2.37. The predicted octanol–water partition coefficient (Wildman–Crippen LogP) is 3.31. The first-order valence-electron chi connectivity index (χ1n) is 11.8. The van der Waals surface area contributed by atoms with Gasteiger partial charge in [0.1, 0.15) is 17.5 Å². The molecule has 4 aromatic rings. The molecule has 3 heterocycles. The van der Waals surface area contributed by atoms with Crippen LogP contribution in [0.1, 0.15) is 31.0 Å². The highest BCUT2D eigenvalue weighted by Gasteiger charge is 2.35. The second-order valence-corrected chi connectivity index (χ2v) is 9.63. The maximum Gasteiger partial charge on any atom is 0.338 e. The van der Waals surface area contributed by atoms with Crippen molar-refractivity contribution < 1.29 is 19.0 Å². The first-order chi connectivity index (χ1) is 17.9. The van der Waals surface area contributed by atoms with Crippen LogP contribution in [0.15, 0.2) is 69.7 Å². The topological polar surface area (TPSA) is 84.1 Å². The lowest BCUT2D eigenvalue weighted by atomic mass is 9.94. The summed E-state index contributed by atoms with van der Waals surface area (Å²) in [5, 5.41) is 1.05. The summed E-state index contributed by atoms with van der Waals surface area (Å²) in [5.41, 5.74) is 3.14. The summed E-state index contributed by atoms with van der Waals surface area (Å²) in [7, 11) is 5.09. The van der Waals surface area contributed by atoms with Crippen LogP contribution in [0, 0.1) is 0 Å². The number of ether oxygens (including phenoxy) is 3. The maximum atomic E-state index is 14.0. The number of esters is 1. The van der Waals surface area contributed by atoms with E-state index in [0.717, 1.165) is 16.5 Å². The van der Waals surface area contributed by atoms with Crippen molar-refractivity contribution in [3.05, 3.63) is 90.7 Å². The molecule has 2 aromatic heterocycles. The number of benzene rings is 2. The highest BCUT2D eigenvalue weighted by atomic mass is 32.1. The molecule has 190 valence electrons. The van der Waals surface area contributed by atoms with Gasteiger partial charge in [0.2, 0.25) is 0 Å². The fraction of sp³-hybridized carbons (Fsp3) is 0.250. The molecule has 0 fully saturated rings. The Balaban J connectivity index is 1.79. The number of hydrogen-bond acceptors (Lipinski definition) is 7. The van der Waals surface area contributed by atoms with Gasteiger partial charge in [0.25, 0.3) is 5.56 Å². The number of nitrogens with zero attached hydrogens (tertiary/aromatic N) is 3. The second-order valence-electron chi connectivity index (χ2n) is 8.62. The SMILES string of the molecule is CCOC(=O)C1=C(C)N=c2s/c(=C/c3cn(C)c4ccccc34)c(=O)n2[C@@H]1c1cc(OC)ccc1OC. The second kappa shape index (κ2) is 9.74. The molecule has 0 N–H and O–H groups in total. The standard InChI is InChI=1S/C28H27N3O5S/c1-6-36-27(33)24-16(2)29-28-31(25(24)20-14-18(34-4)11-12-22(20)35-5)26(32)23(37-28)13-17-15-30(3)21-10-8-7-9-19(17)21/h7-15,25H,6H2,1-5H3/b23-13+/t25-/m1/s1. The molecule has 0 aliphatic carbocycles. The van der Waals surface area contributed by atoms with Crippen LogP contribution in [0.4, 0.5) is 0 Å². The van der Waals surface area contributed by atoms with Gasteiger partial charge in [0.05, 0.1) is 36.6 Å². The van der Waals surface area contributed by atoms with E-state index in [9.17, 15) is 9.59 Å². The summed E-state index contributed by atoms with van der Waals surface area (Å²) in [6, 6.07) is 12.6. The van der Waals surface area contributed by atoms with Crippen LogP contribution in [0.3, 0.4) is 0 Å². The Labute approximate surface area is 217 Å². The third kappa shape index (κ3) is 4.15. The number of rotatable bonds is 6. The Bertz CT molecular complexity index is 1740. The van der Waals surface area contributed by atoms with Crippen LogP contribution in [0.25, 0.3) is 17.0 Å². The van der Waals surface area contributed by atoms with E-state index in [1.54, 1.807) is 50.8 Å². The molecular formula is C28H27N3O5S. The van der Waals surface area contributed by atoms with E-state index in [2.05, 4.69) is 4.99 Å². The lowest BCUT2D eigenvalue weighted by molar-refractivity contribution is -0.139. The number of aromatic nitrogens is 2. The van der Waals surface area contributed by atoms with Crippen molar-refractivity contribution >= 4 is 34.3 Å². The summed E-state index contributed by atoms with van der Waals surface area (Å²) >= 11 is 1.29. The monoisotopic (exact) mass is 517 g/mol. The summed E-state index contributed by atoms with van der Waals surface area (Å²) in [4.78, 5) is 32.3. The van der Waals surface area contributed by atoms with Crippen molar-refractivity contribution in [2.45, 2.75) is 19.9 Å². The first kappa shape index (κ1) is 24.6. The van der Waals surface area contributed by atoms with E-state index < -0.39 is 12.0 Å². The quantitative estimate of drug-likeness (QED) is 0.367. The fourth-order valence-corrected chi connectivity index (χ4v) is 5.81. The molecule has 2 aromatic carbocycles. The van der Waals surface area contributed by atoms with Gasteiger partial charge in [0, 0.05) is 35.3 Å². The van der Waals surface area contributed by atoms with Gasteiger partial charge in [-0.15, -0.1) is 0 Å². The van der Waals surface area contributed by atoms with Crippen LogP contribution in [0.5, 0.6) is 11.5 Å². The largest absolute Gasteiger partial charge is 0.497 e. The predicted molar refractivity (Wildman–Crippen MR) is 143 cm³/mol.